The largest absolute Gasteiger partial charge is 0.494 e. The second kappa shape index (κ2) is 6.70. The lowest BCUT2D eigenvalue weighted by Crippen LogP contribution is -2.03. The van der Waals surface area contributed by atoms with E-state index in [-0.39, 0.29) is 0 Å². The van der Waals surface area contributed by atoms with Crippen molar-refractivity contribution in [2.45, 2.75) is 19.9 Å². The topological polar surface area (TPSA) is 70.3 Å². The van der Waals surface area contributed by atoms with Crippen LogP contribution in [0.1, 0.15) is 19.0 Å². The van der Waals surface area contributed by atoms with Gasteiger partial charge < -0.3 is 15.2 Å². The molecular weight excluding hydrogens is 242 g/mol. The van der Waals surface area contributed by atoms with Crippen LogP contribution in [0.5, 0.6) is 17.4 Å². The van der Waals surface area contributed by atoms with E-state index in [2.05, 4.69) is 16.9 Å². The zero-order valence-electron chi connectivity index (χ0n) is 10.9. The highest BCUT2D eigenvalue weighted by Crippen LogP contribution is 2.23. The highest BCUT2D eigenvalue weighted by Gasteiger charge is 2.06. The molecule has 19 heavy (non-hydrogen) atoms. The summed E-state index contributed by atoms with van der Waals surface area (Å²) < 4.78 is 11.2. The molecule has 2 rings (SSSR count). The highest BCUT2D eigenvalue weighted by molar-refractivity contribution is 5.34. The lowest BCUT2D eigenvalue weighted by atomic mass is 10.3. The van der Waals surface area contributed by atoms with Gasteiger partial charge in [0.05, 0.1) is 6.61 Å². The third kappa shape index (κ3) is 3.66. The van der Waals surface area contributed by atoms with E-state index < -0.39 is 0 Å². The summed E-state index contributed by atoms with van der Waals surface area (Å²) >= 11 is 0. The van der Waals surface area contributed by atoms with Gasteiger partial charge in [0.15, 0.2) is 0 Å². The molecule has 5 nitrogen and oxygen atoms in total. The highest BCUT2D eigenvalue weighted by atomic mass is 16.5. The van der Waals surface area contributed by atoms with Crippen molar-refractivity contribution in [1.29, 1.82) is 0 Å². The van der Waals surface area contributed by atoms with E-state index in [0.717, 1.165) is 12.2 Å². The molecule has 0 saturated carbocycles. The second-order valence-electron chi connectivity index (χ2n) is 3.93. The van der Waals surface area contributed by atoms with Crippen LogP contribution in [-0.2, 0) is 6.54 Å². The maximum Gasteiger partial charge on any atom is 0.242 e. The van der Waals surface area contributed by atoms with E-state index in [1.807, 2.05) is 24.3 Å². The van der Waals surface area contributed by atoms with Gasteiger partial charge >= 0.3 is 0 Å². The lowest BCUT2D eigenvalue weighted by molar-refractivity contribution is 0.317. The fourth-order valence-corrected chi connectivity index (χ4v) is 1.51. The first-order valence-corrected chi connectivity index (χ1v) is 6.24. The molecule has 1 aromatic carbocycles. The van der Waals surface area contributed by atoms with Gasteiger partial charge in [0.1, 0.15) is 17.2 Å². The molecular formula is C14H17N3O2. The molecule has 2 N–H and O–H groups in total. The smallest absolute Gasteiger partial charge is 0.242 e. The molecule has 0 bridgehead atoms. The van der Waals surface area contributed by atoms with Crippen molar-refractivity contribution in [3.63, 3.8) is 0 Å². The average molecular weight is 259 g/mol. The molecule has 0 spiro atoms. The fourth-order valence-electron chi connectivity index (χ4n) is 1.51. The average Bonchev–Trinajstić information content (AvgIpc) is 2.47. The number of ether oxygens (including phenoxy) is 2. The van der Waals surface area contributed by atoms with Gasteiger partial charge in [0.2, 0.25) is 5.88 Å². The summed E-state index contributed by atoms with van der Waals surface area (Å²) in [5, 5.41) is 0. The standard InChI is InChI=1S/C14H17N3O2/c1-2-9-18-11-3-5-12(6-4-11)19-14-13(10-15)16-7-8-17-14/h3-8H,2,9-10,15H2,1H3. The van der Waals surface area contributed by atoms with Crippen molar-refractivity contribution in [3.05, 3.63) is 42.4 Å². The summed E-state index contributed by atoms with van der Waals surface area (Å²) in [7, 11) is 0. The summed E-state index contributed by atoms with van der Waals surface area (Å²) in [6.07, 6.45) is 4.15. The van der Waals surface area contributed by atoms with Crippen molar-refractivity contribution in [2.75, 3.05) is 6.61 Å². The number of aromatic nitrogens is 2. The maximum atomic E-state index is 5.65. The molecule has 0 aliphatic carbocycles. The Morgan fingerprint density at radius 1 is 1.05 bits per heavy atom. The van der Waals surface area contributed by atoms with Crippen LogP contribution in [0.3, 0.4) is 0 Å². The number of hydrogen-bond acceptors (Lipinski definition) is 5. The van der Waals surface area contributed by atoms with Crippen LogP contribution in [0.4, 0.5) is 0 Å². The summed E-state index contributed by atoms with van der Waals surface area (Å²) in [4.78, 5) is 8.24. The zero-order valence-corrected chi connectivity index (χ0v) is 10.9. The summed E-state index contributed by atoms with van der Waals surface area (Å²) in [6.45, 7) is 3.07. The number of nitrogens with zero attached hydrogens (tertiary/aromatic N) is 2. The Hall–Kier alpha value is -2.14. The molecule has 5 heteroatoms. The second-order valence-corrected chi connectivity index (χ2v) is 3.93. The third-order valence-corrected chi connectivity index (χ3v) is 2.44. The van der Waals surface area contributed by atoms with Crippen molar-refractivity contribution in [2.24, 2.45) is 5.73 Å². The minimum absolute atomic E-state index is 0.293. The lowest BCUT2D eigenvalue weighted by Gasteiger charge is -2.08. The van der Waals surface area contributed by atoms with Gasteiger partial charge in [-0.2, -0.15) is 0 Å². The Kier molecular flexibility index (Phi) is 4.69. The molecule has 0 aliphatic rings. The van der Waals surface area contributed by atoms with Crippen LogP contribution in [-0.4, -0.2) is 16.6 Å². The molecule has 1 aromatic heterocycles. The van der Waals surface area contributed by atoms with Crippen LogP contribution in [0.2, 0.25) is 0 Å². The van der Waals surface area contributed by atoms with Gasteiger partial charge in [-0.05, 0) is 30.7 Å². The molecule has 0 unspecified atom stereocenters. The monoisotopic (exact) mass is 259 g/mol. The summed E-state index contributed by atoms with van der Waals surface area (Å²) in [6, 6.07) is 7.40. The number of benzene rings is 1. The van der Waals surface area contributed by atoms with E-state index >= 15 is 0 Å². The summed E-state index contributed by atoms with van der Waals surface area (Å²) in [5.41, 5.74) is 6.21. The van der Waals surface area contributed by atoms with E-state index in [1.54, 1.807) is 12.4 Å². The van der Waals surface area contributed by atoms with Crippen LogP contribution in [0.15, 0.2) is 36.7 Å². The van der Waals surface area contributed by atoms with Crippen LogP contribution in [0, 0.1) is 0 Å². The molecule has 0 saturated heterocycles. The van der Waals surface area contributed by atoms with E-state index in [0.29, 0.717) is 30.5 Å². The molecule has 0 aliphatic heterocycles. The van der Waals surface area contributed by atoms with Crippen molar-refractivity contribution in [1.82, 2.24) is 9.97 Å². The van der Waals surface area contributed by atoms with E-state index in [9.17, 15) is 0 Å². The van der Waals surface area contributed by atoms with Crippen molar-refractivity contribution in [3.8, 4) is 17.4 Å². The van der Waals surface area contributed by atoms with Crippen molar-refractivity contribution >= 4 is 0 Å². The first-order valence-electron chi connectivity index (χ1n) is 6.24. The molecule has 0 amide bonds. The minimum Gasteiger partial charge on any atom is -0.494 e. The Morgan fingerprint density at radius 3 is 2.42 bits per heavy atom. The van der Waals surface area contributed by atoms with Crippen molar-refractivity contribution < 1.29 is 9.47 Å². The SMILES string of the molecule is CCCOc1ccc(Oc2nccnc2CN)cc1. The van der Waals surface area contributed by atoms with E-state index in [4.69, 9.17) is 15.2 Å². The fraction of sp³-hybridized carbons (Fsp3) is 0.286. The Balaban J connectivity index is 2.06. The van der Waals surface area contributed by atoms with Gasteiger partial charge in [0.25, 0.3) is 0 Å². The number of hydrogen-bond donors (Lipinski definition) is 1. The molecule has 0 atom stereocenters. The van der Waals surface area contributed by atoms with E-state index in [1.165, 1.54) is 0 Å². The maximum absolute atomic E-state index is 5.65. The quantitative estimate of drug-likeness (QED) is 0.863. The van der Waals surface area contributed by atoms with Crippen LogP contribution < -0.4 is 15.2 Å². The van der Waals surface area contributed by atoms with Gasteiger partial charge in [-0.1, -0.05) is 6.92 Å². The zero-order chi connectivity index (χ0) is 13.5. The van der Waals surface area contributed by atoms with Gasteiger partial charge in [0, 0.05) is 18.9 Å². The number of rotatable bonds is 6. The van der Waals surface area contributed by atoms with Gasteiger partial charge in [-0.15, -0.1) is 0 Å². The van der Waals surface area contributed by atoms with Gasteiger partial charge in [-0.3, -0.25) is 4.98 Å². The Morgan fingerprint density at radius 2 is 1.74 bits per heavy atom. The molecule has 0 fully saturated rings. The van der Waals surface area contributed by atoms with Crippen LogP contribution in [0.25, 0.3) is 0 Å². The predicted molar refractivity (Wildman–Crippen MR) is 72.2 cm³/mol. The molecule has 0 radical (unpaired) electrons. The first-order chi connectivity index (χ1) is 9.33. The number of nitrogens with two attached hydrogens (primary N) is 1. The first kappa shape index (κ1) is 13.3. The minimum atomic E-state index is 0.293. The predicted octanol–water partition coefficient (Wildman–Crippen LogP) is 2.52. The third-order valence-electron chi connectivity index (χ3n) is 2.44. The molecule has 1 heterocycles. The van der Waals surface area contributed by atoms with Gasteiger partial charge in [-0.25, -0.2) is 4.98 Å². The van der Waals surface area contributed by atoms with Crippen LogP contribution >= 0.6 is 0 Å². The Labute approximate surface area is 112 Å². The normalized spacial score (nSPS) is 10.2. The Bertz CT molecular complexity index is 514. The molecule has 2 aromatic rings. The molecule has 100 valence electrons. The summed E-state index contributed by atoms with van der Waals surface area (Å²) in [5.74, 6) is 1.94.